The van der Waals surface area contributed by atoms with E-state index < -0.39 is 0 Å². The van der Waals surface area contributed by atoms with E-state index in [9.17, 15) is 5.11 Å². The van der Waals surface area contributed by atoms with Gasteiger partial charge < -0.3 is 5.11 Å². The third kappa shape index (κ3) is 4.35. The van der Waals surface area contributed by atoms with Gasteiger partial charge in [0.25, 0.3) is 0 Å². The zero-order valence-electron chi connectivity index (χ0n) is 10.5. The van der Waals surface area contributed by atoms with E-state index in [1.807, 2.05) is 13.1 Å². The largest absolute Gasteiger partial charge is 0.387 e. The van der Waals surface area contributed by atoms with Crippen molar-refractivity contribution < 1.29 is 5.11 Å². The maximum atomic E-state index is 9.93. The lowest BCUT2D eigenvalue weighted by molar-refractivity contribution is 0.154. The van der Waals surface area contributed by atoms with Crippen molar-refractivity contribution in [3.8, 4) is 0 Å². The Kier molecular flexibility index (Phi) is 6.16. The van der Waals surface area contributed by atoms with Gasteiger partial charge in [0.15, 0.2) is 0 Å². The van der Waals surface area contributed by atoms with E-state index in [1.165, 1.54) is 32.1 Å². The molecule has 1 unspecified atom stereocenters. The topological polar surface area (TPSA) is 38.1 Å². The zero-order chi connectivity index (χ0) is 11.8. The number of aromatic nitrogens is 2. The van der Waals surface area contributed by atoms with E-state index in [0.29, 0.717) is 0 Å². The van der Waals surface area contributed by atoms with Gasteiger partial charge >= 0.3 is 0 Å². The summed E-state index contributed by atoms with van der Waals surface area (Å²) in [7, 11) is 1.87. The van der Waals surface area contributed by atoms with E-state index in [-0.39, 0.29) is 6.10 Å². The number of unbranched alkanes of at least 4 members (excludes halogenated alkanes) is 5. The summed E-state index contributed by atoms with van der Waals surface area (Å²) in [5, 5.41) is 14.0. The highest BCUT2D eigenvalue weighted by atomic mass is 16.3. The van der Waals surface area contributed by atoms with Crippen LogP contribution in [0.1, 0.15) is 63.7 Å². The molecule has 3 heteroatoms. The van der Waals surface area contributed by atoms with E-state index in [1.54, 1.807) is 10.9 Å². The molecular formula is C13H24N2O. The molecule has 1 rings (SSSR count). The molecule has 0 bridgehead atoms. The summed E-state index contributed by atoms with van der Waals surface area (Å²) in [4.78, 5) is 0. The minimum Gasteiger partial charge on any atom is -0.387 e. The van der Waals surface area contributed by atoms with Gasteiger partial charge in [-0.25, -0.2) is 0 Å². The third-order valence-corrected chi connectivity index (χ3v) is 3.03. The van der Waals surface area contributed by atoms with Crippen molar-refractivity contribution in [1.82, 2.24) is 9.78 Å². The first-order valence-electron chi connectivity index (χ1n) is 6.41. The van der Waals surface area contributed by atoms with Crippen LogP contribution in [-0.4, -0.2) is 14.9 Å². The quantitative estimate of drug-likeness (QED) is 0.689. The van der Waals surface area contributed by atoms with Crippen LogP contribution in [0.25, 0.3) is 0 Å². The lowest BCUT2D eigenvalue weighted by atomic mass is 10.1. The number of hydrogen-bond acceptors (Lipinski definition) is 2. The highest BCUT2D eigenvalue weighted by Gasteiger charge is 2.10. The highest BCUT2D eigenvalue weighted by Crippen LogP contribution is 2.19. The minimum atomic E-state index is -0.348. The summed E-state index contributed by atoms with van der Waals surface area (Å²) in [6.45, 7) is 2.23. The molecule has 0 aliphatic carbocycles. The van der Waals surface area contributed by atoms with Crippen LogP contribution in [-0.2, 0) is 7.05 Å². The summed E-state index contributed by atoms with van der Waals surface area (Å²) in [5.41, 5.74) is 0.925. The van der Waals surface area contributed by atoms with Gasteiger partial charge in [-0.05, 0) is 12.5 Å². The Morgan fingerprint density at radius 1 is 1.25 bits per heavy atom. The molecule has 0 fully saturated rings. The number of rotatable bonds is 8. The maximum Gasteiger partial charge on any atom is 0.0956 e. The van der Waals surface area contributed by atoms with Gasteiger partial charge in [0.1, 0.15) is 0 Å². The first-order valence-corrected chi connectivity index (χ1v) is 6.41. The summed E-state index contributed by atoms with van der Waals surface area (Å²) in [6.07, 6.45) is 9.83. The lowest BCUT2D eigenvalue weighted by Gasteiger charge is -2.10. The monoisotopic (exact) mass is 224 g/mol. The van der Waals surface area contributed by atoms with Gasteiger partial charge in [0.05, 0.1) is 11.8 Å². The van der Waals surface area contributed by atoms with Gasteiger partial charge in [-0.15, -0.1) is 0 Å². The molecule has 92 valence electrons. The predicted molar refractivity (Wildman–Crippen MR) is 66.2 cm³/mol. The molecule has 0 aliphatic rings. The van der Waals surface area contributed by atoms with Gasteiger partial charge in [-0.3, -0.25) is 4.68 Å². The smallest absolute Gasteiger partial charge is 0.0956 e. The maximum absolute atomic E-state index is 9.93. The first kappa shape index (κ1) is 13.2. The van der Waals surface area contributed by atoms with Crippen LogP contribution < -0.4 is 0 Å². The minimum absolute atomic E-state index is 0.348. The van der Waals surface area contributed by atoms with Crippen molar-refractivity contribution in [3.05, 3.63) is 18.0 Å². The van der Waals surface area contributed by atoms with Gasteiger partial charge in [0, 0.05) is 13.2 Å². The van der Waals surface area contributed by atoms with Crippen molar-refractivity contribution in [3.63, 3.8) is 0 Å². The Balaban J connectivity index is 2.11. The summed E-state index contributed by atoms with van der Waals surface area (Å²) in [6, 6.07) is 1.89. The van der Waals surface area contributed by atoms with E-state index in [0.717, 1.165) is 18.5 Å². The van der Waals surface area contributed by atoms with Gasteiger partial charge in [-0.2, -0.15) is 5.10 Å². The van der Waals surface area contributed by atoms with E-state index in [4.69, 9.17) is 0 Å². The average Bonchev–Trinajstić information content (AvgIpc) is 2.69. The molecule has 1 heterocycles. The number of hydrogen-bond donors (Lipinski definition) is 1. The Morgan fingerprint density at radius 3 is 2.56 bits per heavy atom. The summed E-state index contributed by atoms with van der Waals surface area (Å²) >= 11 is 0. The Bertz CT molecular complexity index is 283. The molecular weight excluding hydrogens is 200 g/mol. The Hall–Kier alpha value is -0.830. The van der Waals surface area contributed by atoms with Crippen molar-refractivity contribution in [2.75, 3.05) is 0 Å². The highest BCUT2D eigenvalue weighted by molar-refractivity contribution is 5.03. The van der Waals surface area contributed by atoms with E-state index >= 15 is 0 Å². The lowest BCUT2D eigenvalue weighted by Crippen LogP contribution is -2.05. The predicted octanol–water partition coefficient (Wildman–Crippen LogP) is 3.20. The molecule has 1 atom stereocenters. The molecule has 1 aromatic heterocycles. The van der Waals surface area contributed by atoms with Crippen molar-refractivity contribution in [1.29, 1.82) is 0 Å². The summed E-state index contributed by atoms with van der Waals surface area (Å²) in [5.74, 6) is 0. The molecule has 1 aromatic rings. The molecule has 0 aromatic carbocycles. The molecule has 3 nitrogen and oxygen atoms in total. The molecule has 0 radical (unpaired) electrons. The third-order valence-electron chi connectivity index (χ3n) is 3.03. The molecule has 0 saturated heterocycles. The van der Waals surface area contributed by atoms with Crippen molar-refractivity contribution in [2.45, 2.75) is 58.0 Å². The second kappa shape index (κ2) is 7.44. The second-order valence-electron chi connectivity index (χ2n) is 4.45. The first-order chi connectivity index (χ1) is 7.75. The summed E-state index contributed by atoms with van der Waals surface area (Å²) < 4.78 is 1.75. The van der Waals surface area contributed by atoms with Crippen molar-refractivity contribution >= 4 is 0 Å². The molecule has 0 aliphatic heterocycles. The Morgan fingerprint density at radius 2 is 1.94 bits per heavy atom. The van der Waals surface area contributed by atoms with Crippen LogP contribution in [0.4, 0.5) is 0 Å². The molecule has 1 N–H and O–H groups in total. The Labute approximate surface area is 98.5 Å². The van der Waals surface area contributed by atoms with Crippen LogP contribution in [0.3, 0.4) is 0 Å². The average molecular weight is 224 g/mol. The normalized spacial score (nSPS) is 12.9. The van der Waals surface area contributed by atoms with E-state index in [2.05, 4.69) is 12.0 Å². The fourth-order valence-electron chi connectivity index (χ4n) is 1.98. The molecule has 0 saturated carbocycles. The van der Waals surface area contributed by atoms with Crippen LogP contribution in [0, 0.1) is 0 Å². The zero-order valence-corrected chi connectivity index (χ0v) is 10.5. The van der Waals surface area contributed by atoms with Gasteiger partial charge in [-0.1, -0.05) is 45.4 Å². The molecule has 0 amide bonds. The fraction of sp³-hybridized carbons (Fsp3) is 0.769. The number of aliphatic hydroxyl groups excluding tert-OH is 1. The SMILES string of the molecule is CCCCCCCCC(O)c1ccnn1C. The van der Waals surface area contributed by atoms with Crippen LogP contribution >= 0.6 is 0 Å². The molecule has 0 spiro atoms. The second-order valence-corrected chi connectivity index (χ2v) is 4.45. The van der Waals surface area contributed by atoms with Crippen LogP contribution in [0.15, 0.2) is 12.3 Å². The van der Waals surface area contributed by atoms with Gasteiger partial charge in [0.2, 0.25) is 0 Å². The number of nitrogens with zero attached hydrogens (tertiary/aromatic N) is 2. The number of aryl methyl sites for hydroxylation is 1. The van der Waals surface area contributed by atoms with Crippen LogP contribution in [0.2, 0.25) is 0 Å². The fourth-order valence-corrected chi connectivity index (χ4v) is 1.98. The van der Waals surface area contributed by atoms with Crippen molar-refractivity contribution in [2.24, 2.45) is 7.05 Å². The standard InChI is InChI=1S/C13H24N2O/c1-3-4-5-6-7-8-9-13(16)12-10-11-14-15(12)2/h10-11,13,16H,3-9H2,1-2H3. The number of aliphatic hydroxyl groups is 1. The van der Waals surface area contributed by atoms with Crippen LogP contribution in [0.5, 0.6) is 0 Å². The molecule has 16 heavy (non-hydrogen) atoms.